The van der Waals surface area contributed by atoms with Crippen molar-refractivity contribution in [2.24, 2.45) is 17.8 Å². The van der Waals surface area contributed by atoms with Crippen molar-refractivity contribution in [3.63, 3.8) is 0 Å². The summed E-state index contributed by atoms with van der Waals surface area (Å²) in [6.45, 7) is 0. The van der Waals surface area contributed by atoms with Crippen molar-refractivity contribution in [2.75, 3.05) is 5.32 Å². The summed E-state index contributed by atoms with van der Waals surface area (Å²) in [4.78, 5) is 9.07. The minimum Gasteiger partial charge on any atom is -0.363 e. The van der Waals surface area contributed by atoms with Crippen molar-refractivity contribution < 1.29 is 0 Å². The normalized spacial score (nSPS) is 34.2. The van der Waals surface area contributed by atoms with Gasteiger partial charge in [-0.3, -0.25) is 0 Å². The zero-order valence-corrected chi connectivity index (χ0v) is 13.7. The van der Waals surface area contributed by atoms with E-state index in [0.29, 0.717) is 0 Å². The summed E-state index contributed by atoms with van der Waals surface area (Å²) < 4.78 is 1.91. The molecule has 0 aromatic carbocycles. The average molecular weight is 319 g/mol. The molecule has 0 aliphatic heterocycles. The molecule has 24 heavy (non-hydrogen) atoms. The number of rotatable bonds is 2. The second kappa shape index (κ2) is 4.47. The molecule has 7 rings (SSSR count). The minimum atomic E-state index is 0.242. The first kappa shape index (κ1) is 13.2. The molecule has 4 aliphatic rings. The number of anilines is 1. The molecule has 3 aromatic rings. The highest BCUT2D eigenvalue weighted by molar-refractivity contribution is 5.96. The van der Waals surface area contributed by atoms with Crippen molar-refractivity contribution in [1.82, 2.24) is 19.6 Å². The van der Waals surface area contributed by atoms with Crippen LogP contribution in [0.15, 0.2) is 30.7 Å². The largest absolute Gasteiger partial charge is 0.363 e. The molecule has 4 fully saturated rings. The molecule has 0 radical (unpaired) electrons. The van der Waals surface area contributed by atoms with Gasteiger partial charge in [0.25, 0.3) is 0 Å². The van der Waals surface area contributed by atoms with E-state index in [1.807, 2.05) is 22.8 Å². The highest BCUT2D eigenvalue weighted by atomic mass is 15.2. The number of nitrogens with zero attached hydrogens (tertiary/aromatic N) is 4. The van der Waals surface area contributed by atoms with Gasteiger partial charge in [0.05, 0.1) is 5.52 Å². The highest BCUT2D eigenvalue weighted by Gasteiger charge is 2.51. The van der Waals surface area contributed by atoms with Crippen LogP contribution >= 0.6 is 0 Å². The molecule has 1 N–H and O–H groups in total. The molecule has 5 nitrogen and oxygen atoms in total. The number of nitrogens with one attached hydrogen (secondary N) is 1. The van der Waals surface area contributed by atoms with Crippen LogP contribution in [0.1, 0.15) is 38.5 Å². The second-order valence-electron chi connectivity index (χ2n) is 8.27. The van der Waals surface area contributed by atoms with Gasteiger partial charge >= 0.3 is 0 Å². The monoisotopic (exact) mass is 319 g/mol. The fourth-order valence-electron chi connectivity index (χ4n) is 6.08. The molecule has 4 aliphatic carbocycles. The Morgan fingerprint density at radius 1 is 0.958 bits per heavy atom. The van der Waals surface area contributed by atoms with Gasteiger partial charge < -0.3 is 5.32 Å². The Hall–Kier alpha value is -2.17. The van der Waals surface area contributed by atoms with E-state index in [-0.39, 0.29) is 5.54 Å². The number of hydrogen-bond acceptors (Lipinski definition) is 4. The summed E-state index contributed by atoms with van der Waals surface area (Å²) in [5.41, 5.74) is 3.13. The Morgan fingerprint density at radius 2 is 1.71 bits per heavy atom. The van der Waals surface area contributed by atoms with Crippen molar-refractivity contribution >= 4 is 22.4 Å². The number of aromatic nitrogens is 4. The molecule has 0 amide bonds. The zero-order chi connectivity index (χ0) is 15.7. The van der Waals surface area contributed by atoms with Crippen LogP contribution in [0.2, 0.25) is 0 Å². The average Bonchev–Trinajstić information content (AvgIpc) is 2.93. The van der Waals surface area contributed by atoms with Crippen LogP contribution in [0.5, 0.6) is 0 Å². The summed E-state index contributed by atoms with van der Waals surface area (Å²) in [7, 11) is 0. The quantitative estimate of drug-likeness (QED) is 0.783. The van der Waals surface area contributed by atoms with E-state index >= 15 is 0 Å². The van der Waals surface area contributed by atoms with E-state index in [1.54, 1.807) is 6.33 Å². The van der Waals surface area contributed by atoms with Crippen molar-refractivity contribution in [1.29, 1.82) is 0 Å². The van der Waals surface area contributed by atoms with E-state index in [1.165, 1.54) is 38.5 Å². The standard InChI is InChI=1S/C19H21N5/c1-2-4-24-15(3-1)16-17(23-24)18(21-11-20-16)22-19-8-12-5-13(9-19)7-14(6-12)10-19/h1-4,11-14H,5-10H2,(H,20,21,22). The molecule has 0 unspecified atom stereocenters. The molecule has 4 saturated carbocycles. The first-order valence-electron chi connectivity index (χ1n) is 9.14. The van der Waals surface area contributed by atoms with Gasteiger partial charge in [-0.2, -0.15) is 5.10 Å². The first-order chi connectivity index (χ1) is 11.8. The molecule has 0 saturated heterocycles. The Morgan fingerprint density at radius 3 is 2.46 bits per heavy atom. The smallest absolute Gasteiger partial charge is 0.158 e. The van der Waals surface area contributed by atoms with Gasteiger partial charge in [-0.15, -0.1) is 0 Å². The lowest BCUT2D eigenvalue weighted by molar-refractivity contribution is 0.0106. The Bertz CT molecular complexity index is 908. The molecule has 0 spiro atoms. The van der Waals surface area contributed by atoms with E-state index in [0.717, 1.165) is 40.1 Å². The number of hydrogen-bond donors (Lipinski definition) is 1. The maximum Gasteiger partial charge on any atom is 0.158 e. The lowest BCUT2D eigenvalue weighted by Gasteiger charge is -2.57. The van der Waals surface area contributed by atoms with Gasteiger partial charge in [0.2, 0.25) is 0 Å². The summed E-state index contributed by atoms with van der Waals surface area (Å²) in [5.74, 6) is 3.68. The Kier molecular flexibility index (Phi) is 2.45. The Labute approximate surface area is 140 Å². The molecule has 3 aromatic heterocycles. The topological polar surface area (TPSA) is 55.1 Å². The van der Waals surface area contributed by atoms with Crippen LogP contribution in [0, 0.1) is 17.8 Å². The van der Waals surface area contributed by atoms with Crippen molar-refractivity contribution in [2.45, 2.75) is 44.1 Å². The van der Waals surface area contributed by atoms with E-state index in [9.17, 15) is 0 Å². The first-order valence-corrected chi connectivity index (χ1v) is 9.14. The lowest BCUT2D eigenvalue weighted by atomic mass is 9.53. The molecule has 122 valence electrons. The van der Waals surface area contributed by atoms with E-state index < -0.39 is 0 Å². The third-order valence-corrected chi connectivity index (χ3v) is 6.53. The lowest BCUT2D eigenvalue weighted by Crippen LogP contribution is -2.54. The molecule has 5 heteroatoms. The third-order valence-electron chi connectivity index (χ3n) is 6.53. The van der Waals surface area contributed by atoms with Crippen molar-refractivity contribution in [3.8, 4) is 0 Å². The van der Waals surface area contributed by atoms with E-state index in [4.69, 9.17) is 5.10 Å². The summed E-state index contributed by atoms with van der Waals surface area (Å²) in [6.07, 6.45) is 11.9. The fourth-order valence-corrected chi connectivity index (χ4v) is 6.08. The SMILES string of the molecule is c1ccn2nc3c(NC45CC6CC(CC(C6)C4)C5)ncnc3c2c1. The van der Waals surface area contributed by atoms with Crippen LogP contribution in [0.25, 0.3) is 16.6 Å². The Balaban J connectivity index is 1.46. The number of fused-ring (bicyclic) bond motifs is 3. The summed E-state index contributed by atoms with van der Waals surface area (Å²) in [5, 5.41) is 8.61. The van der Waals surface area contributed by atoms with E-state index in [2.05, 4.69) is 21.4 Å². The van der Waals surface area contributed by atoms with Gasteiger partial charge in [-0.25, -0.2) is 14.5 Å². The van der Waals surface area contributed by atoms with Crippen molar-refractivity contribution in [3.05, 3.63) is 30.7 Å². The molecular formula is C19H21N5. The van der Waals surface area contributed by atoms with Gasteiger partial charge in [0.1, 0.15) is 11.8 Å². The summed E-state index contributed by atoms with van der Waals surface area (Å²) >= 11 is 0. The van der Waals surface area contributed by atoms with Crippen LogP contribution in [0.4, 0.5) is 5.82 Å². The highest BCUT2D eigenvalue weighted by Crippen LogP contribution is 2.56. The number of pyridine rings is 1. The minimum absolute atomic E-state index is 0.242. The van der Waals surface area contributed by atoms with Gasteiger partial charge in [-0.1, -0.05) is 6.07 Å². The zero-order valence-electron chi connectivity index (χ0n) is 13.7. The van der Waals surface area contributed by atoms with Crippen LogP contribution in [-0.2, 0) is 0 Å². The third kappa shape index (κ3) is 1.78. The predicted molar refractivity (Wildman–Crippen MR) is 92.8 cm³/mol. The summed E-state index contributed by atoms with van der Waals surface area (Å²) in [6, 6.07) is 6.10. The van der Waals surface area contributed by atoms with Gasteiger partial charge in [-0.05, 0) is 68.4 Å². The van der Waals surface area contributed by atoms with Crippen LogP contribution in [0.3, 0.4) is 0 Å². The maximum atomic E-state index is 4.74. The van der Waals surface area contributed by atoms with Gasteiger partial charge in [0.15, 0.2) is 11.3 Å². The van der Waals surface area contributed by atoms with Gasteiger partial charge in [0, 0.05) is 11.7 Å². The second-order valence-corrected chi connectivity index (χ2v) is 8.27. The maximum absolute atomic E-state index is 4.74. The molecule has 0 atom stereocenters. The molecular weight excluding hydrogens is 298 g/mol. The molecule has 4 bridgehead atoms. The predicted octanol–water partition coefficient (Wildman–Crippen LogP) is 3.66. The fraction of sp³-hybridized carbons (Fsp3) is 0.526. The van der Waals surface area contributed by atoms with Crippen LogP contribution < -0.4 is 5.32 Å². The molecule has 3 heterocycles. The van der Waals surface area contributed by atoms with Crippen LogP contribution in [-0.4, -0.2) is 25.1 Å².